The first kappa shape index (κ1) is 18.3. The molecule has 0 unspecified atom stereocenters. The number of ether oxygens (including phenoxy) is 1. The molecule has 138 valence electrons. The van der Waals surface area contributed by atoms with Crippen LogP contribution in [0.25, 0.3) is 0 Å². The molecule has 26 heavy (non-hydrogen) atoms. The number of amides is 1. The number of phenolic OH excluding ortho intramolecular Hbond substituents is 1. The van der Waals surface area contributed by atoms with Gasteiger partial charge < -0.3 is 20.1 Å². The number of phenols is 1. The summed E-state index contributed by atoms with van der Waals surface area (Å²) < 4.78 is 5.10. The van der Waals surface area contributed by atoms with Crippen LogP contribution in [0.4, 0.5) is 5.82 Å². The molecule has 0 radical (unpaired) electrons. The molecule has 2 aromatic rings. The normalized spacial score (nSPS) is 14.2. The van der Waals surface area contributed by atoms with Crippen LogP contribution in [0.2, 0.25) is 5.02 Å². The Bertz CT molecular complexity index is 792. The molecule has 1 aliphatic heterocycles. The van der Waals surface area contributed by atoms with Crippen LogP contribution in [0.3, 0.4) is 0 Å². The molecule has 0 aliphatic carbocycles. The van der Waals surface area contributed by atoms with E-state index in [1.54, 1.807) is 24.3 Å². The molecule has 1 aliphatic rings. The summed E-state index contributed by atoms with van der Waals surface area (Å²) in [4.78, 5) is 18.6. The molecule has 1 saturated heterocycles. The molecule has 0 spiro atoms. The lowest BCUT2D eigenvalue weighted by molar-refractivity contribution is 0.0724. The van der Waals surface area contributed by atoms with E-state index in [1.807, 2.05) is 4.90 Å². The number of hydrogen-bond donors (Lipinski definition) is 2. The van der Waals surface area contributed by atoms with Crippen molar-refractivity contribution in [3.05, 3.63) is 46.6 Å². The van der Waals surface area contributed by atoms with E-state index >= 15 is 0 Å². The number of methoxy groups -OCH3 is 1. The molecule has 1 aromatic heterocycles. The van der Waals surface area contributed by atoms with Gasteiger partial charge in [-0.25, -0.2) is 4.98 Å². The van der Waals surface area contributed by atoms with Crippen LogP contribution >= 0.6 is 11.6 Å². The molecule has 0 saturated carbocycles. The van der Waals surface area contributed by atoms with Crippen LogP contribution in [0.5, 0.6) is 11.5 Å². The maximum absolute atomic E-state index is 12.5. The first-order chi connectivity index (χ1) is 12.6. The number of nitrogens with zero attached hydrogens (tertiary/aromatic N) is 2. The summed E-state index contributed by atoms with van der Waals surface area (Å²) >= 11 is 6.29. The van der Waals surface area contributed by atoms with Crippen molar-refractivity contribution in [3.8, 4) is 11.5 Å². The lowest BCUT2D eigenvalue weighted by atomic mass is 10.1. The van der Waals surface area contributed by atoms with Crippen molar-refractivity contribution in [2.24, 2.45) is 0 Å². The Morgan fingerprint density at radius 2 is 2.12 bits per heavy atom. The number of nitrogens with one attached hydrogen (secondary N) is 1. The Kier molecular flexibility index (Phi) is 5.83. The quantitative estimate of drug-likeness (QED) is 0.833. The SMILES string of the molecule is COc1cccc(CNc2ncc(C(=O)N3CCCCC3)cc2Cl)c1O. The van der Waals surface area contributed by atoms with E-state index in [-0.39, 0.29) is 11.7 Å². The van der Waals surface area contributed by atoms with E-state index in [0.717, 1.165) is 25.9 Å². The molecule has 2 heterocycles. The summed E-state index contributed by atoms with van der Waals surface area (Å²) in [7, 11) is 1.50. The topological polar surface area (TPSA) is 74.7 Å². The van der Waals surface area contributed by atoms with Gasteiger partial charge in [0.25, 0.3) is 5.91 Å². The Morgan fingerprint density at radius 1 is 1.35 bits per heavy atom. The average molecular weight is 376 g/mol. The van der Waals surface area contributed by atoms with Crippen molar-refractivity contribution < 1.29 is 14.6 Å². The van der Waals surface area contributed by atoms with E-state index in [4.69, 9.17) is 16.3 Å². The second-order valence-electron chi connectivity index (χ2n) is 6.23. The zero-order chi connectivity index (χ0) is 18.5. The molecule has 3 rings (SSSR count). The van der Waals surface area contributed by atoms with Gasteiger partial charge in [0.2, 0.25) is 0 Å². The Hall–Kier alpha value is -2.47. The van der Waals surface area contributed by atoms with Crippen LogP contribution in [0, 0.1) is 0 Å². The molecule has 1 amide bonds. The number of carbonyl (C=O) groups is 1. The van der Waals surface area contributed by atoms with Crippen molar-refractivity contribution in [3.63, 3.8) is 0 Å². The van der Waals surface area contributed by atoms with Crippen LogP contribution in [0.15, 0.2) is 30.5 Å². The van der Waals surface area contributed by atoms with Crippen molar-refractivity contribution in [2.45, 2.75) is 25.8 Å². The maximum Gasteiger partial charge on any atom is 0.255 e. The summed E-state index contributed by atoms with van der Waals surface area (Å²) in [5.74, 6) is 0.918. The number of likely N-dealkylation sites (tertiary alicyclic amines) is 1. The molecule has 1 fully saturated rings. The van der Waals surface area contributed by atoms with Crippen LogP contribution in [-0.4, -0.2) is 41.1 Å². The fraction of sp³-hybridized carbons (Fsp3) is 0.368. The summed E-state index contributed by atoms with van der Waals surface area (Å²) in [5.41, 5.74) is 1.15. The first-order valence-corrected chi connectivity index (χ1v) is 9.01. The van der Waals surface area contributed by atoms with E-state index < -0.39 is 0 Å². The van der Waals surface area contributed by atoms with Gasteiger partial charge in [-0.1, -0.05) is 23.7 Å². The largest absolute Gasteiger partial charge is 0.504 e. The highest BCUT2D eigenvalue weighted by Crippen LogP contribution is 2.30. The lowest BCUT2D eigenvalue weighted by Gasteiger charge is -2.26. The van der Waals surface area contributed by atoms with Gasteiger partial charge in [-0.3, -0.25) is 4.79 Å². The first-order valence-electron chi connectivity index (χ1n) is 8.63. The Labute approximate surface area is 157 Å². The summed E-state index contributed by atoms with van der Waals surface area (Å²) in [6.07, 6.45) is 4.78. The highest BCUT2D eigenvalue weighted by Gasteiger charge is 2.19. The third kappa shape index (κ3) is 4.02. The van der Waals surface area contributed by atoms with Gasteiger partial charge in [0, 0.05) is 31.4 Å². The van der Waals surface area contributed by atoms with Crippen molar-refractivity contribution in [1.82, 2.24) is 9.88 Å². The van der Waals surface area contributed by atoms with Crippen molar-refractivity contribution in [2.75, 3.05) is 25.5 Å². The third-order valence-electron chi connectivity index (χ3n) is 4.48. The number of para-hydroxylation sites is 1. The number of piperidine rings is 1. The number of rotatable bonds is 5. The molecule has 0 atom stereocenters. The minimum absolute atomic E-state index is 0.0314. The zero-order valence-corrected chi connectivity index (χ0v) is 15.4. The second kappa shape index (κ2) is 8.27. The zero-order valence-electron chi connectivity index (χ0n) is 14.7. The smallest absolute Gasteiger partial charge is 0.255 e. The summed E-state index contributed by atoms with van der Waals surface area (Å²) in [5, 5.41) is 13.6. The van der Waals surface area contributed by atoms with Crippen LogP contribution in [0.1, 0.15) is 35.2 Å². The fourth-order valence-electron chi connectivity index (χ4n) is 3.02. The number of aromatic hydroxyl groups is 1. The number of benzene rings is 1. The highest BCUT2D eigenvalue weighted by atomic mass is 35.5. The highest BCUT2D eigenvalue weighted by molar-refractivity contribution is 6.33. The van der Waals surface area contributed by atoms with Gasteiger partial charge in [0.1, 0.15) is 5.82 Å². The number of carbonyl (C=O) groups excluding carboxylic acids is 1. The maximum atomic E-state index is 12.5. The molecular formula is C19H22ClN3O3. The molecular weight excluding hydrogens is 354 g/mol. The van der Waals surface area contributed by atoms with Gasteiger partial charge in [0.05, 0.1) is 17.7 Å². The predicted octanol–water partition coefficient (Wildman–Crippen LogP) is 3.69. The molecule has 1 aromatic carbocycles. The lowest BCUT2D eigenvalue weighted by Crippen LogP contribution is -2.35. The van der Waals surface area contributed by atoms with Crippen molar-refractivity contribution >= 4 is 23.3 Å². The molecule has 6 nitrogen and oxygen atoms in total. The number of halogens is 1. The number of anilines is 1. The number of hydrogen-bond acceptors (Lipinski definition) is 5. The van der Waals surface area contributed by atoms with Crippen LogP contribution < -0.4 is 10.1 Å². The predicted molar refractivity (Wildman–Crippen MR) is 101 cm³/mol. The number of pyridine rings is 1. The standard InChI is InChI=1S/C19H22ClN3O3/c1-26-16-7-5-6-13(17(16)24)11-21-18-15(20)10-14(12-22-18)19(25)23-8-3-2-4-9-23/h5-7,10,12,24H,2-4,8-9,11H2,1H3,(H,21,22). The Balaban J connectivity index is 1.69. The van der Waals surface area contributed by atoms with Gasteiger partial charge in [-0.15, -0.1) is 0 Å². The molecule has 0 bridgehead atoms. The molecule has 7 heteroatoms. The monoisotopic (exact) mass is 375 g/mol. The minimum atomic E-state index is -0.0314. The van der Waals surface area contributed by atoms with Crippen molar-refractivity contribution in [1.29, 1.82) is 0 Å². The van der Waals surface area contributed by atoms with E-state index in [2.05, 4.69) is 10.3 Å². The van der Waals surface area contributed by atoms with Gasteiger partial charge in [-0.2, -0.15) is 0 Å². The van der Waals surface area contributed by atoms with Gasteiger partial charge in [-0.05, 0) is 31.4 Å². The second-order valence-corrected chi connectivity index (χ2v) is 6.64. The summed E-state index contributed by atoms with van der Waals surface area (Å²) in [6, 6.07) is 6.91. The van der Waals surface area contributed by atoms with E-state index in [1.165, 1.54) is 19.7 Å². The summed E-state index contributed by atoms with van der Waals surface area (Å²) in [6.45, 7) is 1.90. The van der Waals surface area contributed by atoms with E-state index in [9.17, 15) is 9.90 Å². The van der Waals surface area contributed by atoms with Gasteiger partial charge >= 0.3 is 0 Å². The van der Waals surface area contributed by atoms with Gasteiger partial charge in [0.15, 0.2) is 11.5 Å². The molecule has 2 N–H and O–H groups in total. The van der Waals surface area contributed by atoms with Crippen LogP contribution in [-0.2, 0) is 6.54 Å². The minimum Gasteiger partial charge on any atom is -0.504 e. The number of aromatic nitrogens is 1. The average Bonchev–Trinajstić information content (AvgIpc) is 2.68. The fourth-order valence-corrected chi connectivity index (χ4v) is 3.25. The third-order valence-corrected chi connectivity index (χ3v) is 4.77. The van der Waals surface area contributed by atoms with E-state index in [0.29, 0.717) is 34.3 Å². The Morgan fingerprint density at radius 3 is 2.81 bits per heavy atom.